The fourth-order valence-corrected chi connectivity index (χ4v) is 2.48. The molecule has 0 N–H and O–H groups in total. The Morgan fingerprint density at radius 1 is 1.24 bits per heavy atom. The number of ether oxygens (including phenoxy) is 2. The van der Waals surface area contributed by atoms with Crippen molar-refractivity contribution in [2.75, 3.05) is 7.11 Å². The Morgan fingerprint density at radius 3 is 2.80 bits per heavy atom. The van der Waals surface area contributed by atoms with E-state index in [1.807, 2.05) is 19.9 Å². The van der Waals surface area contributed by atoms with Gasteiger partial charge in [-0.05, 0) is 38.1 Å². The number of halogens is 1. The van der Waals surface area contributed by atoms with E-state index in [0.29, 0.717) is 22.9 Å². The van der Waals surface area contributed by atoms with Gasteiger partial charge < -0.3 is 9.47 Å². The third kappa shape index (κ3) is 3.73. The lowest BCUT2D eigenvalue weighted by molar-refractivity contribution is -0.144. The Hall–Kier alpha value is -3.03. The molecule has 2 heterocycles. The number of hydrogen-bond donors (Lipinski definition) is 0. The van der Waals surface area contributed by atoms with Crippen LogP contribution in [0.25, 0.3) is 5.78 Å². The van der Waals surface area contributed by atoms with Crippen LogP contribution in [0.3, 0.4) is 0 Å². The zero-order chi connectivity index (χ0) is 18.0. The summed E-state index contributed by atoms with van der Waals surface area (Å²) in [4.78, 5) is 20.5. The average molecular weight is 344 g/mol. The fraction of sp³-hybridized carbons (Fsp3) is 0.294. The number of fused-ring (bicyclic) bond motifs is 1. The molecule has 25 heavy (non-hydrogen) atoms. The molecule has 0 fully saturated rings. The molecule has 2 aromatic heterocycles. The largest absolute Gasteiger partial charge is 0.496 e. The number of aromatic nitrogens is 4. The number of methoxy groups -OCH3 is 1. The molecule has 0 atom stereocenters. The van der Waals surface area contributed by atoms with E-state index >= 15 is 0 Å². The van der Waals surface area contributed by atoms with Crippen LogP contribution in [0.5, 0.6) is 5.75 Å². The van der Waals surface area contributed by atoms with E-state index in [1.54, 1.807) is 4.52 Å². The van der Waals surface area contributed by atoms with Gasteiger partial charge in [0, 0.05) is 17.0 Å². The first kappa shape index (κ1) is 16.8. The lowest BCUT2D eigenvalue weighted by atomic mass is 10.2. The van der Waals surface area contributed by atoms with E-state index in [-0.39, 0.29) is 13.0 Å². The van der Waals surface area contributed by atoms with Crippen LogP contribution in [0.4, 0.5) is 4.39 Å². The van der Waals surface area contributed by atoms with Gasteiger partial charge in [0.2, 0.25) is 0 Å². The topological polar surface area (TPSA) is 78.6 Å². The van der Waals surface area contributed by atoms with Crippen molar-refractivity contribution in [2.24, 2.45) is 0 Å². The first-order valence-electron chi connectivity index (χ1n) is 7.64. The Kier molecular flexibility index (Phi) is 4.60. The summed E-state index contributed by atoms with van der Waals surface area (Å²) >= 11 is 0. The number of carbonyl (C=O) groups excluding carboxylic acids is 1. The van der Waals surface area contributed by atoms with E-state index in [9.17, 15) is 9.18 Å². The van der Waals surface area contributed by atoms with Crippen molar-refractivity contribution in [1.82, 2.24) is 19.6 Å². The second-order valence-electron chi connectivity index (χ2n) is 5.57. The predicted octanol–water partition coefficient (Wildman–Crippen LogP) is 2.17. The van der Waals surface area contributed by atoms with Gasteiger partial charge >= 0.3 is 5.97 Å². The molecule has 0 spiro atoms. The third-order valence-corrected chi connectivity index (χ3v) is 3.60. The summed E-state index contributed by atoms with van der Waals surface area (Å²) in [5.41, 5.74) is 2.15. The number of aryl methyl sites for hydroxylation is 2. The molecular formula is C17H17FN4O3. The molecule has 8 heteroatoms. The zero-order valence-corrected chi connectivity index (χ0v) is 14.1. The maximum atomic E-state index is 13.3. The first-order valence-corrected chi connectivity index (χ1v) is 7.64. The molecule has 0 bridgehead atoms. The van der Waals surface area contributed by atoms with E-state index in [1.165, 1.54) is 25.3 Å². The van der Waals surface area contributed by atoms with Gasteiger partial charge in [-0.25, -0.2) is 13.9 Å². The van der Waals surface area contributed by atoms with Gasteiger partial charge in [0.1, 0.15) is 24.6 Å². The van der Waals surface area contributed by atoms with Gasteiger partial charge in [-0.1, -0.05) is 0 Å². The van der Waals surface area contributed by atoms with Crippen LogP contribution >= 0.6 is 0 Å². The van der Waals surface area contributed by atoms with Crippen LogP contribution in [-0.2, 0) is 22.6 Å². The van der Waals surface area contributed by atoms with Gasteiger partial charge in [-0.3, -0.25) is 4.79 Å². The van der Waals surface area contributed by atoms with Gasteiger partial charge in [0.25, 0.3) is 5.78 Å². The molecule has 0 radical (unpaired) electrons. The van der Waals surface area contributed by atoms with Gasteiger partial charge in [0.05, 0.1) is 7.11 Å². The number of esters is 1. The Bertz CT molecular complexity index is 939. The number of rotatable bonds is 5. The molecule has 3 rings (SSSR count). The molecule has 3 aromatic rings. The second kappa shape index (κ2) is 6.84. The molecule has 130 valence electrons. The highest BCUT2D eigenvalue weighted by atomic mass is 19.1. The molecule has 0 aliphatic carbocycles. The first-order chi connectivity index (χ1) is 12.0. The van der Waals surface area contributed by atoms with E-state index in [4.69, 9.17) is 9.47 Å². The highest BCUT2D eigenvalue weighted by Gasteiger charge is 2.14. The predicted molar refractivity (Wildman–Crippen MR) is 86.7 cm³/mol. The van der Waals surface area contributed by atoms with Crippen LogP contribution in [0.2, 0.25) is 0 Å². The van der Waals surface area contributed by atoms with Crippen molar-refractivity contribution in [1.29, 1.82) is 0 Å². The van der Waals surface area contributed by atoms with Crippen LogP contribution in [0.1, 0.15) is 22.8 Å². The van der Waals surface area contributed by atoms with Crippen molar-refractivity contribution in [3.63, 3.8) is 0 Å². The molecule has 0 unspecified atom stereocenters. The summed E-state index contributed by atoms with van der Waals surface area (Å²) < 4.78 is 25.2. The van der Waals surface area contributed by atoms with Crippen LogP contribution in [0, 0.1) is 19.7 Å². The quantitative estimate of drug-likeness (QED) is 0.660. The second-order valence-corrected chi connectivity index (χ2v) is 5.57. The summed E-state index contributed by atoms with van der Waals surface area (Å²) in [6.45, 7) is 3.65. The third-order valence-electron chi connectivity index (χ3n) is 3.60. The summed E-state index contributed by atoms with van der Waals surface area (Å²) in [5, 5.41) is 4.25. The average Bonchev–Trinajstić information content (AvgIpc) is 2.95. The van der Waals surface area contributed by atoms with Crippen molar-refractivity contribution < 1.29 is 18.7 Å². The highest BCUT2D eigenvalue weighted by molar-refractivity contribution is 5.71. The van der Waals surface area contributed by atoms with E-state index in [0.717, 1.165) is 11.4 Å². The van der Waals surface area contributed by atoms with E-state index in [2.05, 4.69) is 15.1 Å². The van der Waals surface area contributed by atoms with Crippen LogP contribution in [0.15, 0.2) is 24.3 Å². The minimum Gasteiger partial charge on any atom is -0.496 e. The standard InChI is InChI=1S/C17H17FN4O3/c1-10-6-11(2)22-17(19-10)20-15(21-22)8-16(23)25-9-12-7-13(18)4-5-14(12)24-3/h4-7H,8-9H2,1-3H3. The highest BCUT2D eigenvalue weighted by Crippen LogP contribution is 2.20. The summed E-state index contributed by atoms with van der Waals surface area (Å²) in [5.74, 6) is 0.266. The molecule has 0 saturated carbocycles. The lowest BCUT2D eigenvalue weighted by Gasteiger charge is -2.08. The van der Waals surface area contributed by atoms with Gasteiger partial charge in [-0.15, -0.1) is 5.10 Å². The monoisotopic (exact) mass is 344 g/mol. The van der Waals surface area contributed by atoms with Crippen LogP contribution in [-0.4, -0.2) is 32.7 Å². The Balaban J connectivity index is 1.69. The normalized spacial score (nSPS) is 10.9. The number of benzene rings is 1. The van der Waals surface area contributed by atoms with Crippen LogP contribution < -0.4 is 4.74 Å². The smallest absolute Gasteiger partial charge is 0.313 e. The Labute approximate surface area is 143 Å². The Morgan fingerprint density at radius 2 is 2.04 bits per heavy atom. The van der Waals surface area contributed by atoms with Gasteiger partial charge in [0.15, 0.2) is 5.82 Å². The molecular weight excluding hydrogens is 327 g/mol. The summed E-state index contributed by atoms with van der Waals surface area (Å²) in [6.07, 6.45) is -0.0977. The molecule has 1 aromatic carbocycles. The minimum absolute atomic E-state index is 0.0937. The maximum absolute atomic E-state index is 13.3. The summed E-state index contributed by atoms with van der Waals surface area (Å²) in [7, 11) is 1.47. The number of carbonyl (C=O) groups is 1. The van der Waals surface area contributed by atoms with E-state index < -0.39 is 11.8 Å². The minimum atomic E-state index is -0.517. The molecule has 0 saturated heterocycles. The van der Waals surface area contributed by atoms with Crippen molar-refractivity contribution >= 4 is 11.7 Å². The maximum Gasteiger partial charge on any atom is 0.313 e. The SMILES string of the molecule is COc1ccc(F)cc1COC(=O)Cc1nc2nc(C)cc(C)n2n1. The van der Waals surface area contributed by atoms with Crippen molar-refractivity contribution in [3.05, 3.63) is 52.9 Å². The molecule has 0 aliphatic rings. The number of hydrogen-bond acceptors (Lipinski definition) is 6. The zero-order valence-electron chi connectivity index (χ0n) is 14.1. The molecule has 7 nitrogen and oxygen atoms in total. The fourth-order valence-electron chi connectivity index (χ4n) is 2.48. The number of nitrogens with zero attached hydrogens (tertiary/aromatic N) is 4. The lowest BCUT2D eigenvalue weighted by Crippen LogP contribution is -2.10. The summed E-state index contributed by atoms with van der Waals surface area (Å²) in [6, 6.07) is 5.91. The molecule has 0 amide bonds. The van der Waals surface area contributed by atoms with Gasteiger partial charge in [-0.2, -0.15) is 4.98 Å². The van der Waals surface area contributed by atoms with Crippen molar-refractivity contribution in [2.45, 2.75) is 26.9 Å². The molecule has 0 aliphatic heterocycles. The van der Waals surface area contributed by atoms with Crippen molar-refractivity contribution in [3.8, 4) is 5.75 Å².